The minimum absolute atomic E-state index is 0.170. The zero-order valence-electron chi connectivity index (χ0n) is 16.3. The van der Waals surface area contributed by atoms with Gasteiger partial charge in [-0.3, -0.25) is 24.3 Å². The van der Waals surface area contributed by atoms with Crippen molar-refractivity contribution in [3.05, 3.63) is 56.9 Å². The third-order valence-electron chi connectivity index (χ3n) is 4.34. The summed E-state index contributed by atoms with van der Waals surface area (Å²) in [5, 5.41) is 10.9. The third-order valence-corrected chi connectivity index (χ3v) is 4.34. The second-order valence-electron chi connectivity index (χ2n) is 7.48. The molecule has 0 N–H and O–H groups in total. The van der Waals surface area contributed by atoms with Gasteiger partial charge in [-0.1, -0.05) is 34.1 Å². The minimum atomic E-state index is -0.840. The number of aromatic nitrogens is 2. The van der Waals surface area contributed by atoms with Crippen LogP contribution in [0.3, 0.4) is 0 Å². The monoisotopic (exact) mass is 376 g/mol. The number of unbranched alkanes of at least 4 members (excludes halogenated alkanes) is 1. The van der Waals surface area contributed by atoms with Gasteiger partial charge in [0.1, 0.15) is 5.82 Å². The Morgan fingerprint density at radius 1 is 1.30 bits per heavy atom. The molecule has 2 rings (SSSR count). The Morgan fingerprint density at radius 3 is 2.52 bits per heavy atom. The van der Waals surface area contributed by atoms with E-state index in [2.05, 4.69) is 32.7 Å². The summed E-state index contributed by atoms with van der Waals surface area (Å²) in [5.41, 5.74) is 0.456. The Bertz CT molecular complexity index is 935. The molecular formula is C19H25FN4O3. The lowest BCUT2D eigenvalue weighted by atomic mass is 9.92. The van der Waals surface area contributed by atoms with Crippen molar-refractivity contribution >= 4 is 11.6 Å². The summed E-state index contributed by atoms with van der Waals surface area (Å²) < 4.78 is 17.9. The van der Waals surface area contributed by atoms with Crippen molar-refractivity contribution in [3.63, 3.8) is 0 Å². The molecule has 8 heteroatoms. The highest BCUT2D eigenvalue weighted by Crippen LogP contribution is 2.21. The number of nitro benzene ring substituents is 1. The molecule has 0 unspecified atom stereocenters. The van der Waals surface area contributed by atoms with E-state index in [1.165, 1.54) is 0 Å². The van der Waals surface area contributed by atoms with Crippen LogP contribution in [0.1, 0.15) is 56.6 Å². The van der Waals surface area contributed by atoms with Gasteiger partial charge >= 0.3 is 0 Å². The molecule has 0 saturated heterocycles. The molecule has 27 heavy (non-hydrogen) atoms. The van der Waals surface area contributed by atoms with Gasteiger partial charge in [-0.15, -0.1) is 0 Å². The van der Waals surface area contributed by atoms with E-state index in [0.29, 0.717) is 12.0 Å². The van der Waals surface area contributed by atoms with Crippen molar-refractivity contribution in [2.24, 2.45) is 12.0 Å². The van der Waals surface area contributed by atoms with Crippen molar-refractivity contribution in [1.29, 1.82) is 0 Å². The van der Waals surface area contributed by atoms with Gasteiger partial charge in [0.25, 0.3) is 11.6 Å². The zero-order chi connectivity index (χ0) is 20.4. The normalized spacial score (nSPS) is 12.4. The number of rotatable bonds is 5. The van der Waals surface area contributed by atoms with Crippen LogP contribution in [0.4, 0.5) is 10.1 Å². The lowest BCUT2D eigenvalue weighted by Crippen LogP contribution is -2.25. The van der Waals surface area contributed by atoms with Crippen LogP contribution in [-0.4, -0.2) is 20.2 Å². The molecule has 0 spiro atoms. The predicted molar refractivity (Wildman–Crippen MR) is 100.0 cm³/mol. The predicted octanol–water partition coefficient (Wildman–Crippen LogP) is 3.71. The molecule has 0 bridgehead atoms. The first-order valence-corrected chi connectivity index (χ1v) is 8.86. The molecule has 2 aromatic rings. The van der Waals surface area contributed by atoms with Crippen LogP contribution in [0.2, 0.25) is 0 Å². The summed E-state index contributed by atoms with van der Waals surface area (Å²) in [5.74, 6) is -1.67. The first-order valence-electron chi connectivity index (χ1n) is 8.86. The number of carbonyl (C=O) groups excluding carboxylic acids is 1. The SMILES string of the molecule is CCCCn1/c(=N/C(=O)c2cc([N+](=O)[O-])ccc2F)cc(C(C)(C)C)n1C. The van der Waals surface area contributed by atoms with Gasteiger partial charge in [0, 0.05) is 42.9 Å². The molecule has 0 fully saturated rings. The van der Waals surface area contributed by atoms with Crippen molar-refractivity contribution in [3.8, 4) is 0 Å². The van der Waals surface area contributed by atoms with Gasteiger partial charge in [-0.05, 0) is 12.5 Å². The Kier molecular flexibility index (Phi) is 5.98. The lowest BCUT2D eigenvalue weighted by molar-refractivity contribution is -0.384. The second kappa shape index (κ2) is 7.85. The topological polar surface area (TPSA) is 82.4 Å². The highest BCUT2D eigenvalue weighted by atomic mass is 19.1. The summed E-state index contributed by atoms with van der Waals surface area (Å²) in [4.78, 5) is 26.9. The van der Waals surface area contributed by atoms with Crippen molar-refractivity contribution < 1.29 is 14.1 Å². The Balaban J connectivity index is 2.59. The maximum Gasteiger partial charge on any atom is 0.282 e. The van der Waals surface area contributed by atoms with Crippen molar-refractivity contribution in [2.75, 3.05) is 0 Å². The number of halogens is 1. The molecular weight excluding hydrogens is 351 g/mol. The van der Waals surface area contributed by atoms with E-state index < -0.39 is 22.2 Å². The van der Waals surface area contributed by atoms with Crippen LogP contribution in [0, 0.1) is 15.9 Å². The first-order chi connectivity index (χ1) is 12.6. The molecule has 146 valence electrons. The maximum absolute atomic E-state index is 14.0. The van der Waals surface area contributed by atoms with Crippen LogP contribution in [-0.2, 0) is 19.0 Å². The molecule has 0 saturated carbocycles. The average Bonchev–Trinajstić information content (AvgIpc) is 2.89. The van der Waals surface area contributed by atoms with Gasteiger partial charge in [0.2, 0.25) is 0 Å². The molecule has 0 atom stereocenters. The van der Waals surface area contributed by atoms with E-state index in [1.807, 2.05) is 22.5 Å². The number of carbonyl (C=O) groups is 1. The second-order valence-corrected chi connectivity index (χ2v) is 7.48. The van der Waals surface area contributed by atoms with Crippen molar-refractivity contribution in [1.82, 2.24) is 9.36 Å². The van der Waals surface area contributed by atoms with Gasteiger partial charge < -0.3 is 0 Å². The fourth-order valence-corrected chi connectivity index (χ4v) is 2.89. The van der Waals surface area contributed by atoms with Gasteiger partial charge in [0.05, 0.1) is 10.5 Å². The summed E-state index contributed by atoms with van der Waals surface area (Å²) in [6, 6.07) is 4.67. The summed E-state index contributed by atoms with van der Waals surface area (Å²) >= 11 is 0. The number of hydrogen-bond donors (Lipinski definition) is 0. The number of benzene rings is 1. The van der Waals surface area contributed by atoms with E-state index in [0.717, 1.165) is 36.7 Å². The van der Waals surface area contributed by atoms with Gasteiger partial charge in [0.15, 0.2) is 5.49 Å². The third kappa shape index (κ3) is 4.50. The molecule has 7 nitrogen and oxygen atoms in total. The number of non-ortho nitro benzene ring substituents is 1. The van der Waals surface area contributed by atoms with E-state index in [-0.39, 0.29) is 11.1 Å². The van der Waals surface area contributed by atoms with E-state index in [4.69, 9.17) is 0 Å². The van der Waals surface area contributed by atoms with E-state index in [1.54, 1.807) is 0 Å². The Labute approximate surface area is 157 Å². The summed E-state index contributed by atoms with van der Waals surface area (Å²) in [7, 11) is 1.90. The van der Waals surface area contributed by atoms with Crippen LogP contribution < -0.4 is 5.49 Å². The Morgan fingerprint density at radius 2 is 1.96 bits per heavy atom. The molecule has 0 aliphatic heterocycles. The molecule has 0 radical (unpaired) electrons. The fraction of sp³-hybridized carbons (Fsp3) is 0.474. The van der Waals surface area contributed by atoms with Crippen LogP contribution in [0.5, 0.6) is 0 Å². The maximum atomic E-state index is 14.0. The number of hydrogen-bond acceptors (Lipinski definition) is 3. The van der Waals surface area contributed by atoms with Crippen LogP contribution in [0.25, 0.3) is 0 Å². The van der Waals surface area contributed by atoms with E-state index in [9.17, 15) is 19.3 Å². The molecule has 0 aliphatic carbocycles. The smallest absolute Gasteiger partial charge is 0.282 e. The van der Waals surface area contributed by atoms with Crippen LogP contribution in [0.15, 0.2) is 29.3 Å². The highest BCUT2D eigenvalue weighted by Gasteiger charge is 2.21. The lowest BCUT2D eigenvalue weighted by Gasteiger charge is -2.20. The summed E-state index contributed by atoms with van der Waals surface area (Å²) in [6.07, 6.45) is 1.86. The van der Waals surface area contributed by atoms with Crippen LogP contribution >= 0.6 is 0 Å². The minimum Gasteiger partial charge on any atom is -0.291 e. The molecule has 0 aliphatic rings. The fourth-order valence-electron chi connectivity index (χ4n) is 2.89. The molecule has 1 amide bonds. The van der Waals surface area contributed by atoms with Gasteiger partial charge in [-0.25, -0.2) is 4.39 Å². The molecule has 1 heterocycles. The largest absolute Gasteiger partial charge is 0.291 e. The molecule has 1 aromatic carbocycles. The Hall–Kier alpha value is -2.77. The highest BCUT2D eigenvalue weighted by molar-refractivity contribution is 5.95. The number of nitro groups is 1. The summed E-state index contributed by atoms with van der Waals surface area (Å²) in [6.45, 7) is 8.89. The standard InChI is InChI=1S/C19H25FN4O3/c1-6-7-10-23-17(12-16(22(23)5)19(2,3)4)21-18(25)14-11-13(24(26)27)8-9-15(14)20/h8-9,11-12H,6-7,10H2,1-5H3/b21-17+. The quantitative estimate of drug-likeness (QED) is 0.589. The first kappa shape index (κ1) is 20.5. The zero-order valence-corrected chi connectivity index (χ0v) is 16.3. The van der Waals surface area contributed by atoms with Gasteiger partial charge in [-0.2, -0.15) is 4.99 Å². The van der Waals surface area contributed by atoms with E-state index >= 15 is 0 Å². The molecule has 1 aromatic heterocycles. The number of amides is 1. The average molecular weight is 376 g/mol. The van der Waals surface area contributed by atoms with Crippen molar-refractivity contribution in [2.45, 2.75) is 52.5 Å². The number of nitrogens with zero attached hydrogens (tertiary/aromatic N) is 4.